The van der Waals surface area contributed by atoms with Gasteiger partial charge in [0.1, 0.15) is 0 Å². The third kappa shape index (κ3) is 4.98. The van der Waals surface area contributed by atoms with Crippen LogP contribution in [0.2, 0.25) is 0 Å². The Kier molecular flexibility index (Phi) is 6.00. The predicted molar refractivity (Wildman–Crippen MR) is 114 cm³/mol. The van der Waals surface area contributed by atoms with Gasteiger partial charge < -0.3 is 15.6 Å². The van der Waals surface area contributed by atoms with Gasteiger partial charge in [0.25, 0.3) is 5.91 Å². The number of nitrogen functional groups attached to an aromatic ring is 1. The fraction of sp³-hybridized carbons (Fsp3) is 0.250. The van der Waals surface area contributed by atoms with Crippen LogP contribution in [0.3, 0.4) is 0 Å². The molecule has 0 saturated carbocycles. The molecule has 1 aliphatic carbocycles. The molecule has 1 unspecified atom stereocenters. The van der Waals surface area contributed by atoms with Crippen LogP contribution < -0.4 is 11.1 Å². The molecule has 0 saturated heterocycles. The number of benzene rings is 1. The van der Waals surface area contributed by atoms with Crippen LogP contribution >= 0.6 is 18.7 Å². The van der Waals surface area contributed by atoms with Crippen LogP contribution in [0.1, 0.15) is 12.8 Å². The number of carbonyl (C=O) groups excluding carboxylic acids is 1. The molecule has 142 valence electrons. The minimum atomic E-state index is -2.59. The molecule has 0 spiro atoms. The van der Waals surface area contributed by atoms with E-state index in [1.54, 1.807) is 24.1 Å². The Bertz CT molecular complexity index is 948. The minimum Gasteiger partial charge on any atom is -0.397 e. The summed E-state index contributed by atoms with van der Waals surface area (Å²) in [7, 11) is -1.12. The second-order valence-electron chi connectivity index (χ2n) is 6.61. The summed E-state index contributed by atoms with van der Waals surface area (Å²) in [5.74, 6) is -0.160. The van der Waals surface area contributed by atoms with Crippen molar-refractivity contribution in [3.63, 3.8) is 0 Å². The predicted octanol–water partition coefficient (Wildman–Crippen LogP) is 5.14. The van der Waals surface area contributed by atoms with Gasteiger partial charge >= 0.3 is 0 Å². The summed E-state index contributed by atoms with van der Waals surface area (Å²) < 4.78 is 17.1. The van der Waals surface area contributed by atoms with Gasteiger partial charge in [-0.05, 0) is 42.0 Å². The smallest absolute Gasteiger partial charge is 0.251 e. The first kappa shape index (κ1) is 19.6. The number of thiophene rings is 1. The molecule has 3 N–H and O–H groups in total. The molecule has 1 amide bonds. The van der Waals surface area contributed by atoms with Gasteiger partial charge in [0, 0.05) is 30.4 Å². The zero-order valence-corrected chi connectivity index (χ0v) is 17.1. The number of hydrogen-bond donors (Lipinski definition) is 2. The monoisotopic (exact) mass is 402 g/mol. The topological polar surface area (TPSA) is 81.4 Å². The molecule has 5 nitrogen and oxygen atoms in total. The highest BCUT2D eigenvalue weighted by Gasteiger charge is 2.20. The number of nitrogens with one attached hydrogen (secondary N) is 1. The summed E-state index contributed by atoms with van der Waals surface area (Å²) in [4.78, 5) is 13.7. The maximum absolute atomic E-state index is 12.6. The number of amides is 1. The summed E-state index contributed by atoms with van der Waals surface area (Å²) in [6, 6.07) is 9.68. The Labute approximate surface area is 163 Å². The summed E-state index contributed by atoms with van der Waals surface area (Å²) in [6.07, 6.45) is 5.39. The lowest BCUT2D eigenvalue weighted by molar-refractivity contribution is -0.113. The van der Waals surface area contributed by atoms with E-state index in [0.717, 1.165) is 16.0 Å². The zero-order valence-electron chi connectivity index (χ0n) is 15.4. The van der Waals surface area contributed by atoms with Crippen LogP contribution in [-0.4, -0.2) is 25.8 Å². The van der Waals surface area contributed by atoms with E-state index in [1.807, 2.05) is 41.8 Å². The lowest BCUT2D eigenvalue weighted by Crippen LogP contribution is -2.17. The van der Waals surface area contributed by atoms with Crippen molar-refractivity contribution >= 4 is 36.0 Å². The van der Waals surface area contributed by atoms with Crippen LogP contribution in [0.5, 0.6) is 0 Å². The molecule has 7 heteroatoms. The van der Waals surface area contributed by atoms with Crippen molar-refractivity contribution in [1.82, 2.24) is 0 Å². The Hall–Kier alpha value is -2.14. The normalized spacial score (nSPS) is 16.2. The highest BCUT2D eigenvalue weighted by Crippen LogP contribution is 2.44. The fourth-order valence-corrected chi connectivity index (χ4v) is 4.75. The Balaban J connectivity index is 1.73. The van der Waals surface area contributed by atoms with E-state index in [9.17, 15) is 9.36 Å². The van der Waals surface area contributed by atoms with E-state index < -0.39 is 7.37 Å². The largest absolute Gasteiger partial charge is 0.397 e. The van der Waals surface area contributed by atoms with Gasteiger partial charge in [0.15, 0.2) is 0 Å². The SMILES string of the molecule is COP(C)(=O)CC1=CC=C(C(=O)Nc2cc(-c3cccs3)ccc2N)CC1. The van der Waals surface area contributed by atoms with E-state index in [0.29, 0.717) is 36.0 Å². The van der Waals surface area contributed by atoms with Crippen LogP contribution in [0.4, 0.5) is 11.4 Å². The molecule has 0 bridgehead atoms. The van der Waals surface area contributed by atoms with Crippen LogP contribution in [0.25, 0.3) is 10.4 Å². The van der Waals surface area contributed by atoms with Gasteiger partial charge in [-0.2, -0.15) is 0 Å². The van der Waals surface area contributed by atoms with Gasteiger partial charge in [-0.1, -0.05) is 29.9 Å². The molecular formula is C20H23N2O3PS. The second-order valence-corrected chi connectivity index (χ2v) is 10.3. The molecule has 1 aromatic carbocycles. The number of hydrogen-bond acceptors (Lipinski definition) is 5. The van der Waals surface area contributed by atoms with E-state index in [2.05, 4.69) is 5.32 Å². The minimum absolute atomic E-state index is 0.160. The van der Waals surface area contributed by atoms with Crippen molar-refractivity contribution in [1.29, 1.82) is 0 Å². The van der Waals surface area contributed by atoms with Gasteiger partial charge in [0.2, 0.25) is 7.37 Å². The maximum atomic E-state index is 12.6. The molecule has 1 heterocycles. The van der Waals surface area contributed by atoms with Gasteiger partial charge in [-0.3, -0.25) is 9.36 Å². The molecular weight excluding hydrogens is 379 g/mol. The third-order valence-corrected chi connectivity index (χ3v) is 7.18. The van der Waals surface area contributed by atoms with Gasteiger partial charge in [-0.15, -0.1) is 11.3 Å². The van der Waals surface area contributed by atoms with Crippen LogP contribution in [-0.2, 0) is 13.9 Å². The molecule has 1 aliphatic rings. The first-order chi connectivity index (χ1) is 12.9. The Morgan fingerprint density at radius 1 is 1.30 bits per heavy atom. The van der Waals surface area contributed by atoms with Crippen molar-refractivity contribution < 1.29 is 13.9 Å². The average molecular weight is 402 g/mol. The van der Waals surface area contributed by atoms with Crippen molar-refractivity contribution in [2.24, 2.45) is 0 Å². The van der Waals surface area contributed by atoms with Crippen molar-refractivity contribution in [2.45, 2.75) is 12.8 Å². The van der Waals surface area contributed by atoms with Crippen molar-refractivity contribution in [2.75, 3.05) is 31.0 Å². The fourth-order valence-electron chi connectivity index (χ4n) is 2.90. The number of rotatable bonds is 6. The standard InChI is InChI=1S/C20H23N2O3PS/c1-25-26(2,24)13-14-5-7-15(8-6-14)20(23)22-18-12-16(9-10-17(18)21)19-4-3-11-27-19/h3-5,7,9-12H,6,8,13,21H2,1-2H3,(H,22,23). The summed E-state index contributed by atoms with van der Waals surface area (Å²) in [5, 5.41) is 4.93. The molecule has 27 heavy (non-hydrogen) atoms. The molecule has 1 atom stereocenters. The lowest BCUT2D eigenvalue weighted by atomic mass is 9.98. The highest BCUT2D eigenvalue weighted by molar-refractivity contribution is 7.58. The van der Waals surface area contributed by atoms with Crippen LogP contribution in [0, 0.1) is 0 Å². The number of carbonyl (C=O) groups is 1. The van der Waals surface area contributed by atoms with E-state index in [1.165, 1.54) is 7.11 Å². The average Bonchev–Trinajstić information content (AvgIpc) is 3.18. The molecule has 0 fully saturated rings. The number of anilines is 2. The molecule has 3 rings (SSSR count). The summed E-state index contributed by atoms with van der Waals surface area (Å²) in [6.45, 7) is 1.63. The van der Waals surface area contributed by atoms with E-state index in [4.69, 9.17) is 10.3 Å². The Morgan fingerprint density at radius 2 is 2.11 bits per heavy atom. The molecule has 1 aromatic heterocycles. The highest BCUT2D eigenvalue weighted by atomic mass is 32.1. The second kappa shape index (κ2) is 8.26. The van der Waals surface area contributed by atoms with Crippen LogP contribution in [0.15, 0.2) is 59.0 Å². The number of nitrogens with two attached hydrogens (primary N) is 1. The summed E-state index contributed by atoms with van der Waals surface area (Å²) >= 11 is 1.64. The third-order valence-electron chi connectivity index (χ3n) is 4.51. The molecule has 2 aromatic rings. The van der Waals surface area contributed by atoms with Gasteiger partial charge in [-0.25, -0.2) is 0 Å². The first-order valence-electron chi connectivity index (χ1n) is 8.63. The van der Waals surface area contributed by atoms with Crippen molar-refractivity contribution in [3.8, 4) is 10.4 Å². The molecule has 0 radical (unpaired) electrons. The maximum Gasteiger partial charge on any atom is 0.251 e. The van der Waals surface area contributed by atoms with E-state index >= 15 is 0 Å². The first-order valence-corrected chi connectivity index (χ1v) is 11.8. The quantitative estimate of drug-likeness (QED) is 0.518. The zero-order chi connectivity index (χ0) is 19.4. The Morgan fingerprint density at radius 3 is 2.74 bits per heavy atom. The summed E-state index contributed by atoms with van der Waals surface area (Å²) in [5.41, 5.74) is 9.93. The number of allylic oxidation sites excluding steroid dienone is 3. The lowest BCUT2D eigenvalue weighted by Gasteiger charge is -2.18. The van der Waals surface area contributed by atoms with Crippen molar-refractivity contribution in [3.05, 3.63) is 59.0 Å². The van der Waals surface area contributed by atoms with Gasteiger partial charge in [0.05, 0.1) is 11.4 Å². The van der Waals surface area contributed by atoms with E-state index in [-0.39, 0.29) is 5.91 Å². The molecule has 0 aliphatic heterocycles.